The van der Waals surface area contributed by atoms with Gasteiger partial charge in [0.05, 0.1) is 12.1 Å². The number of rotatable bonds is 5. The molecular weight excluding hydrogens is 374 g/mol. The first kappa shape index (κ1) is 18.9. The highest BCUT2D eigenvalue weighted by atomic mass is 32.1. The number of hydrogen-bond donors (Lipinski definition) is 1. The summed E-state index contributed by atoms with van der Waals surface area (Å²) in [7, 11) is 0. The average molecular weight is 400 g/mol. The molecule has 1 aliphatic heterocycles. The second-order valence-electron chi connectivity index (χ2n) is 7.35. The van der Waals surface area contributed by atoms with Gasteiger partial charge >= 0.3 is 0 Å². The number of anilines is 2. The molecular formula is C20H25N5O2S. The second-order valence-corrected chi connectivity index (χ2v) is 8.21. The van der Waals surface area contributed by atoms with Crippen molar-refractivity contribution in [2.75, 3.05) is 36.4 Å². The lowest BCUT2D eigenvalue weighted by atomic mass is 10.1. The molecule has 1 N–H and O–H groups in total. The molecule has 2 fully saturated rings. The van der Waals surface area contributed by atoms with Crippen molar-refractivity contribution in [2.24, 2.45) is 5.92 Å². The Hall–Kier alpha value is -2.48. The van der Waals surface area contributed by atoms with Gasteiger partial charge in [-0.3, -0.25) is 9.59 Å². The second kappa shape index (κ2) is 8.68. The van der Waals surface area contributed by atoms with E-state index in [1.807, 2.05) is 28.5 Å². The number of nitrogens with one attached hydrogen (secondary N) is 1. The van der Waals surface area contributed by atoms with E-state index in [0.29, 0.717) is 18.2 Å². The van der Waals surface area contributed by atoms with E-state index in [1.165, 1.54) is 11.3 Å². The number of piperazine rings is 1. The van der Waals surface area contributed by atoms with Gasteiger partial charge in [0.15, 0.2) is 5.13 Å². The zero-order valence-electron chi connectivity index (χ0n) is 15.8. The number of hydrogen-bond acceptors (Lipinski definition) is 6. The number of carbonyl (C=O) groups is 2. The van der Waals surface area contributed by atoms with Gasteiger partial charge in [0.25, 0.3) is 0 Å². The molecule has 0 unspecified atom stereocenters. The average Bonchev–Trinajstić information content (AvgIpc) is 3.41. The summed E-state index contributed by atoms with van der Waals surface area (Å²) in [5.74, 6) is 1.22. The molecule has 28 heavy (non-hydrogen) atoms. The third-order valence-corrected chi connectivity index (χ3v) is 6.25. The number of thiazole rings is 1. The van der Waals surface area contributed by atoms with Crippen LogP contribution in [0.1, 0.15) is 31.4 Å². The molecule has 2 aromatic rings. The SMILES string of the molecule is O=C(Nc1nc(CC(=O)N2CCN(c3ccccn3)CC2)cs1)C1CCCC1. The van der Waals surface area contributed by atoms with E-state index in [4.69, 9.17) is 0 Å². The van der Waals surface area contributed by atoms with Crippen molar-refractivity contribution < 1.29 is 9.59 Å². The fraction of sp³-hybridized carbons (Fsp3) is 0.500. The Balaban J connectivity index is 1.26. The quantitative estimate of drug-likeness (QED) is 0.836. The van der Waals surface area contributed by atoms with Crippen molar-refractivity contribution in [1.29, 1.82) is 0 Å². The first-order chi connectivity index (χ1) is 13.7. The minimum absolute atomic E-state index is 0.0652. The number of nitrogens with zero attached hydrogens (tertiary/aromatic N) is 4. The molecule has 0 bridgehead atoms. The van der Waals surface area contributed by atoms with Gasteiger partial charge in [-0.2, -0.15) is 0 Å². The molecule has 0 aromatic carbocycles. The van der Waals surface area contributed by atoms with Crippen molar-refractivity contribution in [3.05, 3.63) is 35.5 Å². The molecule has 4 rings (SSSR count). The molecule has 2 aliphatic rings. The lowest BCUT2D eigenvalue weighted by molar-refractivity contribution is -0.130. The van der Waals surface area contributed by atoms with Crippen molar-refractivity contribution >= 4 is 34.1 Å². The Morgan fingerprint density at radius 1 is 1.14 bits per heavy atom. The highest BCUT2D eigenvalue weighted by Crippen LogP contribution is 2.27. The van der Waals surface area contributed by atoms with Crippen molar-refractivity contribution in [3.8, 4) is 0 Å². The van der Waals surface area contributed by atoms with E-state index in [-0.39, 0.29) is 24.2 Å². The van der Waals surface area contributed by atoms with Gasteiger partial charge in [0, 0.05) is 43.7 Å². The van der Waals surface area contributed by atoms with Crippen LogP contribution < -0.4 is 10.2 Å². The molecule has 2 aromatic heterocycles. The maximum atomic E-state index is 12.6. The van der Waals surface area contributed by atoms with E-state index >= 15 is 0 Å². The highest BCUT2D eigenvalue weighted by Gasteiger charge is 2.24. The van der Waals surface area contributed by atoms with Gasteiger partial charge in [-0.25, -0.2) is 9.97 Å². The topological polar surface area (TPSA) is 78.4 Å². The molecule has 148 valence electrons. The number of pyridine rings is 1. The van der Waals surface area contributed by atoms with Crippen LogP contribution in [-0.4, -0.2) is 52.9 Å². The molecule has 3 heterocycles. The first-order valence-corrected chi connectivity index (χ1v) is 10.8. The molecule has 2 amide bonds. The molecule has 1 saturated heterocycles. The summed E-state index contributed by atoms with van der Waals surface area (Å²) < 4.78 is 0. The van der Waals surface area contributed by atoms with Gasteiger partial charge in [-0.05, 0) is 25.0 Å². The summed E-state index contributed by atoms with van der Waals surface area (Å²) in [5.41, 5.74) is 0.726. The lowest BCUT2D eigenvalue weighted by Crippen LogP contribution is -2.49. The highest BCUT2D eigenvalue weighted by molar-refractivity contribution is 7.13. The van der Waals surface area contributed by atoms with Crippen LogP contribution in [0.4, 0.5) is 10.9 Å². The van der Waals surface area contributed by atoms with Crippen LogP contribution in [-0.2, 0) is 16.0 Å². The summed E-state index contributed by atoms with van der Waals surface area (Å²) in [6.45, 7) is 2.93. The van der Waals surface area contributed by atoms with E-state index < -0.39 is 0 Å². The van der Waals surface area contributed by atoms with E-state index in [2.05, 4.69) is 20.2 Å². The van der Waals surface area contributed by atoms with Gasteiger partial charge in [0.1, 0.15) is 5.82 Å². The zero-order chi connectivity index (χ0) is 19.3. The predicted molar refractivity (Wildman–Crippen MR) is 109 cm³/mol. The smallest absolute Gasteiger partial charge is 0.229 e. The van der Waals surface area contributed by atoms with Crippen molar-refractivity contribution in [2.45, 2.75) is 32.1 Å². The van der Waals surface area contributed by atoms with E-state index in [9.17, 15) is 9.59 Å². The predicted octanol–water partition coefficient (Wildman–Crippen LogP) is 2.56. The van der Waals surface area contributed by atoms with Crippen LogP contribution in [0.15, 0.2) is 29.8 Å². The Morgan fingerprint density at radius 3 is 2.64 bits per heavy atom. The molecule has 1 aliphatic carbocycles. The zero-order valence-corrected chi connectivity index (χ0v) is 16.7. The maximum absolute atomic E-state index is 12.6. The van der Waals surface area contributed by atoms with Gasteiger partial charge < -0.3 is 15.1 Å². The number of aromatic nitrogens is 2. The van der Waals surface area contributed by atoms with E-state index in [0.717, 1.165) is 50.3 Å². The summed E-state index contributed by atoms with van der Waals surface area (Å²) in [4.78, 5) is 37.7. The molecule has 0 spiro atoms. The summed E-state index contributed by atoms with van der Waals surface area (Å²) >= 11 is 1.39. The van der Waals surface area contributed by atoms with Crippen LogP contribution >= 0.6 is 11.3 Å². The third kappa shape index (κ3) is 4.49. The maximum Gasteiger partial charge on any atom is 0.229 e. The minimum atomic E-state index is 0.0652. The largest absolute Gasteiger partial charge is 0.353 e. The summed E-state index contributed by atoms with van der Waals surface area (Å²) in [5, 5.41) is 5.38. The van der Waals surface area contributed by atoms with Crippen LogP contribution in [0.25, 0.3) is 0 Å². The fourth-order valence-corrected chi connectivity index (χ4v) is 4.55. The number of amides is 2. The molecule has 0 radical (unpaired) electrons. The van der Waals surface area contributed by atoms with Crippen molar-refractivity contribution in [1.82, 2.24) is 14.9 Å². The third-order valence-electron chi connectivity index (χ3n) is 5.45. The van der Waals surface area contributed by atoms with Gasteiger partial charge in [-0.15, -0.1) is 11.3 Å². The van der Waals surface area contributed by atoms with Gasteiger partial charge in [-0.1, -0.05) is 18.9 Å². The molecule has 8 heteroatoms. The molecule has 7 nitrogen and oxygen atoms in total. The minimum Gasteiger partial charge on any atom is -0.353 e. The number of carbonyl (C=O) groups excluding carboxylic acids is 2. The fourth-order valence-electron chi connectivity index (χ4n) is 3.83. The monoisotopic (exact) mass is 399 g/mol. The van der Waals surface area contributed by atoms with Gasteiger partial charge in [0.2, 0.25) is 11.8 Å². The molecule has 1 saturated carbocycles. The van der Waals surface area contributed by atoms with Crippen LogP contribution in [0, 0.1) is 5.92 Å². The Labute approximate surface area is 168 Å². The van der Waals surface area contributed by atoms with Crippen molar-refractivity contribution in [3.63, 3.8) is 0 Å². The Kier molecular flexibility index (Phi) is 5.85. The first-order valence-electron chi connectivity index (χ1n) is 9.88. The Morgan fingerprint density at radius 2 is 1.93 bits per heavy atom. The van der Waals surface area contributed by atoms with Crippen LogP contribution in [0.3, 0.4) is 0 Å². The summed E-state index contributed by atoms with van der Waals surface area (Å²) in [6, 6.07) is 5.88. The lowest BCUT2D eigenvalue weighted by Gasteiger charge is -2.35. The Bertz CT molecular complexity index is 811. The van der Waals surface area contributed by atoms with Crippen LogP contribution in [0.2, 0.25) is 0 Å². The van der Waals surface area contributed by atoms with E-state index in [1.54, 1.807) is 6.20 Å². The normalized spacial score (nSPS) is 17.7. The molecule has 0 atom stereocenters. The van der Waals surface area contributed by atoms with Crippen LogP contribution in [0.5, 0.6) is 0 Å². The summed E-state index contributed by atoms with van der Waals surface area (Å²) in [6.07, 6.45) is 6.25. The standard InChI is InChI=1S/C20H25N5O2S/c26-18(25-11-9-24(10-12-25)17-7-3-4-8-21-17)13-16-14-28-20(22-16)23-19(27)15-5-1-2-6-15/h3-4,7-8,14-15H,1-2,5-6,9-13H2,(H,22,23,27).